The molecule has 2 rings (SSSR count). The molecule has 1 aliphatic heterocycles. The Hall–Kier alpha value is -1.59. The van der Waals surface area contributed by atoms with E-state index in [9.17, 15) is 0 Å². The van der Waals surface area contributed by atoms with Crippen molar-refractivity contribution in [2.24, 2.45) is 0 Å². The summed E-state index contributed by atoms with van der Waals surface area (Å²) in [4.78, 5) is 17.5. The van der Waals surface area contributed by atoms with Crippen LogP contribution in [0.15, 0.2) is 0 Å². The molecule has 0 radical (unpaired) electrons. The van der Waals surface area contributed by atoms with Crippen molar-refractivity contribution in [3.63, 3.8) is 0 Å². The average molecular weight is 264 g/mol. The van der Waals surface area contributed by atoms with Crippen molar-refractivity contribution in [1.82, 2.24) is 15.0 Å². The highest BCUT2D eigenvalue weighted by molar-refractivity contribution is 5.44. The highest BCUT2D eigenvalue weighted by Crippen LogP contribution is 2.20. The largest absolute Gasteiger partial charge is 0.368 e. The number of rotatable bonds is 4. The molecule has 19 heavy (non-hydrogen) atoms. The first-order valence-electron chi connectivity index (χ1n) is 7.15. The minimum absolute atomic E-state index is 0.310. The lowest BCUT2D eigenvalue weighted by Crippen LogP contribution is -2.35. The Morgan fingerprint density at radius 1 is 1.16 bits per heavy atom. The molecule has 0 saturated carbocycles. The normalized spacial score (nSPS) is 15.9. The lowest BCUT2D eigenvalue weighted by Gasteiger charge is -2.29. The van der Waals surface area contributed by atoms with Crippen LogP contribution in [0, 0.1) is 0 Å². The molecule has 0 amide bonds. The summed E-state index contributed by atoms with van der Waals surface area (Å²) < 4.78 is 0. The number of hydrogen-bond acceptors (Lipinski definition) is 6. The molecule has 0 atom stereocenters. The SMILES string of the molecule is CCN(c1nc(N)nc(N2CCCCC2)n1)C(C)C. The van der Waals surface area contributed by atoms with E-state index < -0.39 is 0 Å². The molecule has 0 aliphatic carbocycles. The summed E-state index contributed by atoms with van der Waals surface area (Å²) in [6, 6.07) is 0.348. The van der Waals surface area contributed by atoms with Crippen molar-refractivity contribution >= 4 is 17.8 Å². The average Bonchev–Trinajstić information content (AvgIpc) is 2.39. The Balaban J connectivity index is 2.27. The van der Waals surface area contributed by atoms with E-state index >= 15 is 0 Å². The summed E-state index contributed by atoms with van der Waals surface area (Å²) in [5, 5.41) is 0. The highest BCUT2D eigenvalue weighted by Gasteiger charge is 2.18. The lowest BCUT2D eigenvalue weighted by atomic mass is 10.1. The zero-order valence-corrected chi connectivity index (χ0v) is 12.1. The molecule has 106 valence electrons. The van der Waals surface area contributed by atoms with Crippen molar-refractivity contribution in [1.29, 1.82) is 0 Å². The van der Waals surface area contributed by atoms with E-state index in [0.29, 0.717) is 17.9 Å². The number of nitrogen functional groups attached to an aromatic ring is 1. The summed E-state index contributed by atoms with van der Waals surface area (Å²) in [5.74, 6) is 1.72. The zero-order chi connectivity index (χ0) is 13.8. The maximum absolute atomic E-state index is 5.84. The molecule has 1 aromatic heterocycles. The van der Waals surface area contributed by atoms with E-state index in [2.05, 4.69) is 45.5 Å². The van der Waals surface area contributed by atoms with Crippen molar-refractivity contribution in [2.75, 3.05) is 35.2 Å². The predicted octanol–water partition coefficient (Wildman–Crippen LogP) is 1.68. The van der Waals surface area contributed by atoms with Crippen molar-refractivity contribution in [3.05, 3.63) is 0 Å². The molecule has 0 bridgehead atoms. The molecular weight excluding hydrogens is 240 g/mol. The molecule has 1 fully saturated rings. The second-order valence-electron chi connectivity index (χ2n) is 5.22. The Kier molecular flexibility index (Phi) is 4.39. The summed E-state index contributed by atoms with van der Waals surface area (Å²) in [6.45, 7) is 9.24. The molecule has 1 aromatic rings. The molecule has 0 unspecified atom stereocenters. The number of nitrogens with two attached hydrogens (primary N) is 1. The maximum atomic E-state index is 5.84. The first kappa shape index (κ1) is 13.8. The van der Waals surface area contributed by atoms with E-state index in [-0.39, 0.29) is 0 Å². The van der Waals surface area contributed by atoms with Gasteiger partial charge in [0.1, 0.15) is 0 Å². The number of anilines is 3. The van der Waals surface area contributed by atoms with Crippen LogP contribution in [0.2, 0.25) is 0 Å². The van der Waals surface area contributed by atoms with Gasteiger partial charge in [0.15, 0.2) is 0 Å². The maximum Gasteiger partial charge on any atom is 0.232 e. The third-order valence-electron chi connectivity index (χ3n) is 3.49. The van der Waals surface area contributed by atoms with E-state index in [4.69, 9.17) is 5.73 Å². The molecule has 2 heterocycles. The van der Waals surface area contributed by atoms with Crippen molar-refractivity contribution < 1.29 is 0 Å². The van der Waals surface area contributed by atoms with Gasteiger partial charge in [0, 0.05) is 25.7 Å². The minimum atomic E-state index is 0.310. The smallest absolute Gasteiger partial charge is 0.232 e. The second kappa shape index (κ2) is 6.04. The first-order valence-corrected chi connectivity index (χ1v) is 7.15. The molecule has 1 aliphatic rings. The Labute approximate surface area is 115 Å². The number of nitrogens with zero attached hydrogens (tertiary/aromatic N) is 5. The summed E-state index contributed by atoms with van der Waals surface area (Å²) in [5.41, 5.74) is 5.84. The van der Waals surface area contributed by atoms with Crippen LogP contribution in [-0.2, 0) is 0 Å². The molecule has 0 spiro atoms. The fourth-order valence-electron chi connectivity index (χ4n) is 2.47. The minimum Gasteiger partial charge on any atom is -0.368 e. The monoisotopic (exact) mass is 264 g/mol. The predicted molar refractivity (Wildman–Crippen MR) is 78.5 cm³/mol. The van der Waals surface area contributed by atoms with Gasteiger partial charge >= 0.3 is 0 Å². The van der Waals surface area contributed by atoms with Crippen LogP contribution >= 0.6 is 0 Å². The van der Waals surface area contributed by atoms with Gasteiger partial charge in [-0.05, 0) is 40.0 Å². The van der Waals surface area contributed by atoms with E-state index in [0.717, 1.165) is 25.6 Å². The van der Waals surface area contributed by atoms with Crippen LogP contribution in [0.1, 0.15) is 40.0 Å². The number of hydrogen-bond donors (Lipinski definition) is 1. The van der Waals surface area contributed by atoms with Crippen LogP contribution < -0.4 is 15.5 Å². The Morgan fingerprint density at radius 2 is 1.84 bits per heavy atom. The molecule has 6 heteroatoms. The number of piperidine rings is 1. The van der Waals surface area contributed by atoms with Crippen LogP contribution in [0.4, 0.5) is 17.8 Å². The molecule has 0 aromatic carbocycles. The van der Waals surface area contributed by atoms with Gasteiger partial charge in [0.2, 0.25) is 17.8 Å². The van der Waals surface area contributed by atoms with Crippen LogP contribution in [0.3, 0.4) is 0 Å². The fraction of sp³-hybridized carbons (Fsp3) is 0.769. The topological polar surface area (TPSA) is 71.2 Å². The van der Waals surface area contributed by atoms with E-state index in [1.54, 1.807) is 0 Å². The van der Waals surface area contributed by atoms with Gasteiger partial charge in [-0.25, -0.2) is 0 Å². The fourth-order valence-corrected chi connectivity index (χ4v) is 2.47. The highest BCUT2D eigenvalue weighted by atomic mass is 15.4. The first-order chi connectivity index (χ1) is 9.11. The third kappa shape index (κ3) is 3.24. The second-order valence-corrected chi connectivity index (χ2v) is 5.22. The van der Waals surface area contributed by atoms with Gasteiger partial charge in [-0.3, -0.25) is 0 Å². The molecule has 1 saturated heterocycles. The van der Waals surface area contributed by atoms with Crippen molar-refractivity contribution in [2.45, 2.75) is 46.1 Å². The Morgan fingerprint density at radius 3 is 2.42 bits per heavy atom. The molecular formula is C13H24N6. The standard InChI is InChI=1S/C13H24N6/c1-4-19(10(2)3)13-16-11(14)15-12(17-13)18-8-6-5-7-9-18/h10H,4-9H2,1-3H3,(H2,14,15,16,17). The van der Waals surface area contributed by atoms with Crippen LogP contribution in [0.5, 0.6) is 0 Å². The zero-order valence-electron chi connectivity index (χ0n) is 12.1. The van der Waals surface area contributed by atoms with Gasteiger partial charge in [-0.2, -0.15) is 15.0 Å². The van der Waals surface area contributed by atoms with Gasteiger partial charge in [0.05, 0.1) is 0 Å². The number of aromatic nitrogens is 3. The van der Waals surface area contributed by atoms with Gasteiger partial charge in [-0.1, -0.05) is 0 Å². The third-order valence-corrected chi connectivity index (χ3v) is 3.49. The molecule has 6 nitrogen and oxygen atoms in total. The van der Waals surface area contributed by atoms with Crippen molar-refractivity contribution in [3.8, 4) is 0 Å². The summed E-state index contributed by atoms with van der Waals surface area (Å²) in [6.07, 6.45) is 3.68. The quantitative estimate of drug-likeness (QED) is 0.892. The van der Waals surface area contributed by atoms with E-state index in [1.807, 2.05) is 0 Å². The Bertz CT molecular complexity index is 414. The van der Waals surface area contributed by atoms with E-state index in [1.165, 1.54) is 19.3 Å². The van der Waals surface area contributed by atoms with Crippen LogP contribution in [-0.4, -0.2) is 40.6 Å². The lowest BCUT2D eigenvalue weighted by molar-refractivity contribution is 0.566. The summed E-state index contributed by atoms with van der Waals surface area (Å²) >= 11 is 0. The van der Waals surface area contributed by atoms with Gasteiger partial charge < -0.3 is 15.5 Å². The van der Waals surface area contributed by atoms with Gasteiger partial charge in [-0.15, -0.1) is 0 Å². The van der Waals surface area contributed by atoms with Crippen LogP contribution in [0.25, 0.3) is 0 Å². The van der Waals surface area contributed by atoms with Gasteiger partial charge in [0.25, 0.3) is 0 Å². The molecule has 2 N–H and O–H groups in total. The summed E-state index contributed by atoms with van der Waals surface area (Å²) in [7, 11) is 0.